The van der Waals surface area contributed by atoms with Crippen molar-refractivity contribution in [3.8, 4) is 11.3 Å². The highest BCUT2D eigenvalue weighted by Crippen LogP contribution is 2.30. The Bertz CT molecular complexity index is 927. The summed E-state index contributed by atoms with van der Waals surface area (Å²) in [6, 6.07) is 14.3. The van der Waals surface area contributed by atoms with Crippen LogP contribution in [0.3, 0.4) is 0 Å². The highest BCUT2D eigenvalue weighted by molar-refractivity contribution is 5.71. The minimum absolute atomic E-state index is 0.0151. The number of hydrogen-bond acceptors (Lipinski definition) is 7. The Morgan fingerprint density at radius 1 is 0.852 bits per heavy atom. The summed E-state index contributed by atoms with van der Waals surface area (Å²) in [6.45, 7) is 3.03. The van der Waals surface area contributed by atoms with Gasteiger partial charge in [-0.15, -0.1) is 0 Å². The lowest BCUT2D eigenvalue weighted by atomic mass is 10.1. The van der Waals surface area contributed by atoms with Gasteiger partial charge in [0.05, 0.1) is 4.92 Å². The third-order valence-electron chi connectivity index (χ3n) is 4.54. The van der Waals surface area contributed by atoms with E-state index in [4.69, 9.17) is 0 Å². The first-order valence-corrected chi connectivity index (χ1v) is 8.70. The third-order valence-corrected chi connectivity index (χ3v) is 4.54. The molecule has 0 aliphatic carbocycles. The molecule has 0 saturated carbocycles. The van der Waals surface area contributed by atoms with Gasteiger partial charge in [-0.25, -0.2) is 15.0 Å². The lowest BCUT2D eigenvalue weighted by molar-refractivity contribution is -0.384. The van der Waals surface area contributed by atoms with Crippen LogP contribution in [0.2, 0.25) is 0 Å². The van der Waals surface area contributed by atoms with Crippen LogP contribution in [0.15, 0.2) is 60.9 Å². The summed E-state index contributed by atoms with van der Waals surface area (Å²) in [5.74, 6) is 1.46. The molecule has 0 N–H and O–H groups in total. The quantitative estimate of drug-likeness (QED) is 0.521. The zero-order chi connectivity index (χ0) is 18.6. The topological polar surface area (TPSA) is 88.3 Å². The number of nitro groups is 1. The summed E-state index contributed by atoms with van der Waals surface area (Å²) < 4.78 is 0. The zero-order valence-electron chi connectivity index (χ0n) is 14.6. The van der Waals surface area contributed by atoms with Crippen molar-refractivity contribution >= 4 is 17.5 Å². The summed E-state index contributed by atoms with van der Waals surface area (Å²) in [6.07, 6.45) is 3.47. The molecule has 8 nitrogen and oxygen atoms in total. The summed E-state index contributed by atoms with van der Waals surface area (Å²) in [4.78, 5) is 28.5. The van der Waals surface area contributed by atoms with Crippen molar-refractivity contribution in [2.45, 2.75) is 0 Å². The molecule has 1 aromatic carbocycles. The number of pyridine rings is 1. The van der Waals surface area contributed by atoms with Crippen molar-refractivity contribution in [1.82, 2.24) is 15.0 Å². The number of nitrogens with zero attached hydrogens (tertiary/aromatic N) is 6. The number of rotatable bonds is 4. The average Bonchev–Trinajstić information content (AvgIpc) is 2.74. The molecule has 0 atom stereocenters. The molecule has 8 heteroatoms. The fourth-order valence-corrected chi connectivity index (χ4v) is 3.16. The molecule has 4 rings (SSSR count). The fraction of sp³-hybridized carbons (Fsp3) is 0.211. The standard InChI is InChI=1S/C19H18N6O2/c26-25(27)16-7-8-17(22-18(16)15-5-2-1-3-6-15)23-11-13-24(14-12-23)19-20-9-4-10-21-19/h1-10H,11-14H2. The maximum atomic E-state index is 11.4. The summed E-state index contributed by atoms with van der Waals surface area (Å²) in [5, 5.41) is 11.4. The molecule has 1 fully saturated rings. The Morgan fingerprint density at radius 3 is 2.19 bits per heavy atom. The van der Waals surface area contributed by atoms with E-state index in [2.05, 4.69) is 24.8 Å². The van der Waals surface area contributed by atoms with Crippen LogP contribution in [0.25, 0.3) is 11.3 Å². The molecule has 3 heterocycles. The average molecular weight is 362 g/mol. The van der Waals surface area contributed by atoms with Gasteiger partial charge in [-0.2, -0.15) is 0 Å². The molecule has 2 aromatic heterocycles. The van der Waals surface area contributed by atoms with Gasteiger partial charge < -0.3 is 9.80 Å². The number of piperazine rings is 1. The second-order valence-corrected chi connectivity index (χ2v) is 6.18. The van der Waals surface area contributed by atoms with Crippen LogP contribution < -0.4 is 9.80 Å². The Kier molecular flexibility index (Phi) is 4.61. The summed E-state index contributed by atoms with van der Waals surface area (Å²) >= 11 is 0. The zero-order valence-corrected chi connectivity index (χ0v) is 14.6. The number of hydrogen-bond donors (Lipinski definition) is 0. The van der Waals surface area contributed by atoms with E-state index < -0.39 is 0 Å². The van der Waals surface area contributed by atoms with Crippen LogP contribution in [-0.2, 0) is 0 Å². The largest absolute Gasteiger partial charge is 0.353 e. The van der Waals surface area contributed by atoms with Crippen LogP contribution in [0, 0.1) is 10.1 Å². The smallest absolute Gasteiger partial charge is 0.295 e. The molecule has 0 radical (unpaired) electrons. The number of benzene rings is 1. The lowest BCUT2D eigenvalue weighted by Crippen LogP contribution is -2.47. The predicted molar refractivity (Wildman–Crippen MR) is 103 cm³/mol. The van der Waals surface area contributed by atoms with Gasteiger partial charge >= 0.3 is 0 Å². The molecule has 0 unspecified atom stereocenters. The molecule has 0 spiro atoms. The third kappa shape index (κ3) is 3.55. The monoisotopic (exact) mass is 362 g/mol. The van der Waals surface area contributed by atoms with Crippen molar-refractivity contribution in [3.63, 3.8) is 0 Å². The summed E-state index contributed by atoms with van der Waals surface area (Å²) in [5.41, 5.74) is 1.15. The van der Waals surface area contributed by atoms with Gasteiger partial charge in [0.1, 0.15) is 5.82 Å². The molecule has 3 aromatic rings. The first-order chi connectivity index (χ1) is 13.2. The molecule has 0 amide bonds. The molecule has 1 aliphatic heterocycles. The van der Waals surface area contributed by atoms with E-state index in [9.17, 15) is 10.1 Å². The van der Waals surface area contributed by atoms with Crippen molar-refractivity contribution in [1.29, 1.82) is 0 Å². The molecular formula is C19H18N6O2. The van der Waals surface area contributed by atoms with E-state index in [1.54, 1.807) is 24.5 Å². The highest BCUT2D eigenvalue weighted by Gasteiger charge is 2.23. The minimum atomic E-state index is -0.385. The van der Waals surface area contributed by atoms with E-state index in [1.807, 2.05) is 30.3 Å². The van der Waals surface area contributed by atoms with Crippen molar-refractivity contribution in [3.05, 3.63) is 71.0 Å². The fourth-order valence-electron chi connectivity index (χ4n) is 3.16. The Morgan fingerprint density at radius 2 is 1.52 bits per heavy atom. The normalized spacial score (nSPS) is 14.2. The van der Waals surface area contributed by atoms with Crippen LogP contribution >= 0.6 is 0 Å². The van der Waals surface area contributed by atoms with E-state index in [1.165, 1.54) is 6.07 Å². The second kappa shape index (κ2) is 7.36. The van der Waals surface area contributed by atoms with Crippen LogP contribution in [0.1, 0.15) is 0 Å². The van der Waals surface area contributed by atoms with Crippen molar-refractivity contribution < 1.29 is 4.92 Å². The molecule has 1 aliphatic rings. The SMILES string of the molecule is O=[N+]([O-])c1ccc(N2CCN(c3ncccn3)CC2)nc1-c1ccccc1. The van der Waals surface area contributed by atoms with Gasteiger partial charge in [0.25, 0.3) is 5.69 Å². The molecule has 27 heavy (non-hydrogen) atoms. The minimum Gasteiger partial charge on any atom is -0.353 e. The van der Waals surface area contributed by atoms with Gasteiger partial charge in [0.2, 0.25) is 5.95 Å². The van der Waals surface area contributed by atoms with Gasteiger partial charge in [-0.05, 0) is 12.1 Å². The molecular weight excluding hydrogens is 344 g/mol. The van der Waals surface area contributed by atoms with E-state index >= 15 is 0 Å². The predicted octanol–water partition coefficient (Wildman–Crippen LogP) is 2.77. The van der Waals surface area contributed by atoms with Gasteiger partial charge in [-0.3, -0.25) is 10.1 Å². The van der Waals surface area contributed by atoms with Gasteiger partial charge in [0.15, 0.2) is 5.69 Å². The number of anilines is 2. The Labute approximate surface area is 156 Å². The van der Waals surface area contributed by atoms with Crippen LogP contribution in [-0.4, -0.2) is 46.1 Å². The second-order valence-electron chi connectivity index (χ2n) is 6.18. The Balaban J connectivity index is 1.57. The van der Waals surface area contributed by atoms with Crippen LogP contribution in [0.5, 0.6) is 0 Å². The maximum absolute atomic E-state index is 11.4. The number of aromatic nitrogens is 3. The summed E-state index contributed by atoms with van der Waals surface area (Å²) in [7, 11) is 0. The molecule has 136 valence electrons. The molecule has 0 bridgehead atoms. The Hall–Kier alpha value is -3.55. The lowest BCUT2D eigenvalue weighted by Gasteiger charge is -2.35. The maximum Gasteiger partial charge on any atom is 0.295 e. The first kappa shape index (κ1) is 16.9. The first-order valence-electron chi connectivity index (χ1n) is 8.70. The van der Waals surface area contributed by atoms with Crippen molar-refractivity contribution in [2.24, 2.45) is 0 Å². The van der Waals surface area contributed by atoms with E-state index in [-0.39, 0.29) is 10.6 Å². The van der Waals surface area contributed by atoms with E-state index in [0.717, 1.165) is 43.5 Å². The van der Waals surface area contributed by atoms with Crippen LogP contribution in [0.4, 0.5) is 17.5 Å². The molecule has 1 saturated heterocycles. The van der Waals surface area contributed by atoms with E-state index in [0.29, 0.717) is 5.69 Å². The van der Waals surface area contributed by atoms with Crippen molar-refractivity contribution in [2.75, 3.05) is 36.0 Å². The highest BCUT2D eigenvalue weighted by atomic mass is 16.6. The van der Waals surface area contributed by atoms with Gasteiger partial charge in [-0.1, -0.05) is 30.3 Å². The van der Waals surface area contributed by atoms with Gasteiger partial charge in [0, 0.05) is 50.2 Å².